The molecule has 1 aromatic heterocycles. The first-order valence-electron chi connectivity index (χ1n) is 7.53. The Labute approximate surface area is 122 Å². The fourth-order valence-electron chi connectivity index (χ4n) is 2.55. The molecule has 0 bridgehead atoms. The van der Waals surface area contributed by atoms with Crippen molar-refractivity contribution < 1.29 is 4.74 Å². The van der Waals surface area contributed by atoms with Crippen LogP contribution in [0.15, 0.2) is 18.3 Å². The fourth-order valence-corrected chi connectivity index (χ4v) is 2.55. The average Bonchev–Trinajstić information content (AvgIpc) is 2.45. The smallest absolute Gasteiger partial charge is 0.0671 e. The molecule has 1 aliphatic heterocycles. The number of anilines is 1. The van der Waals surface area contributed by atoms with Crippen molar-refractivity contribution in [2.24, 2.45) is 0 Å². The maximum absolute atomic E-state index is 5.65. The van der Waals surface area contributed by atoms with Crippen LogP contribution in [0.2, 0.25) is 0 Å². The number of hydrogen-bond donors (Lipinski definition) is 0. The van der Waals surface area contributed by atoms with E-state index in [4.69, 9.17) is 4.74 Å². The van der Waals surface area contributed by atoms with Crippen molar-refractivity contribution in [2.45, 2.75) is 32.2 Å². The summed E-state index contributed by atoms with van der Waals surface area (Å²) in [5.41, 5.74) is 2.38. The molecule has 0 aliphatic carbocycles. The molecule has 1 aliphatic rings. The highest BCUT2D eigenvalue weighted by Crippen LogP contribution is 2.22. The number of hydrogen-bond acceptors (Lipinski definition) is 4. The molecule has 2 heterocycles. The maximum Gasteiger partial charge on any atom is 0.0671 e. The van der Waals surface area contributed by atoms with Gasteiger partial charge in [-0.3, -0.25) is 4.98 Å². The van der Waals surface area contributed by atoms with Gasteiger partial charge in [-0.2, -0.15) is 0 Å². The van der Waals surface area contributed by atoms with Crippen LogP contribution >= 0.6 is 0 Å². The highest BCUT2D eigenvalue weighted by atomic mass is 16.5. The molecule has 2 rings (SSSR count). The van der Waals surface area contributed by atoms with Gasteiger partial charge in [-0.15, -0.1) is 0 Å². The van der Waals surface area contributed by atoms with Crippen LogP contribution in [0.5, 0.6) is 0 Å². The van der Waals surface area contributed by atoms with E-state index in [9.17, 15) is 0 Å². The van der Waals surface area contributed by atoms with E-state index in [0.717, 1.165) is 38.4 Å². The second-order valence-electron chi connectivity index (χ2n) is 6.11. The van der Waals surface area contributed by atoms with Gasteiger partial charge in [0.2, 0.25) is 0 Å². The zero-order valence-electron chi connectivity index (χ0n) is 13.2. The van der Waals surface area contributed by atoms with E-state index in [2.05, 4.69) is 54.9 Å². The Bertz CT molecular complexity index is 403. The topological polar surface area (TPSA) is 28.6 Å². The van der Waals surface area contributed by atoms with E-state index in [1.165, 1.54) is 5.69 Å². The molecule has 0 N–H and O–H groups in total. The predicted molar refractivity (Wildman–Crippen MR) is 83.5 cm³/mol. The first kappa shape index (κ1) is 15.3. The molecule has 0 aromatic carbocycles. The minimum Gasteiger partial charge on any atom is -0.377 e. The van der Waals surface area contributed by atoms with Gasteiger partial charge in [0, 0.05) is 12.2 Å². The van der Waals surface area contributed by atoms with Gasteiger partial charge >= 0.3 is 0 Å². The van der Waals surface area contributed by atoms with Crippen LogP contribution in [0.4, 0.5) is 5.69 Å². The molecule has 1 saturated heterocycles. The van der Waals surface area contributed by atoms with Crippen LogP contribution in [0.3, 0.4) is 0 Å². The second-order valence-corrected chi connectivity index (χ2v) is 6.11. The van der Waals surface area contributed by atoms with Crippen molar-refractivity contribution in [1.29, 1.82) is 0 Å². The third kappa shape index (κ3) is 3.93. The first-order valence-corrected chi connectivity index (χ1v) is 7.53. The molecular formula is C16H27N3O. The minimum absolute atomic E-state index is 0.456. The van der Waals surface area contributed by atoms with Crippen molar-refractivity contribution in [3.05, 3.63) is 24.0 Å². The fraction of sp³-hybridized carbons (Fsp3) is 0.688. The van der Waals surface area contributed by atoms with Gasteiger partial charge in [-0.25, -0.2) is 0 Å². The molecule has 0 amide bonds. The van der Waals surface area contributed by atoms with Crippen molar-refractivity contribution in [3.63, 3.8) is 0 Å². The van der Waals surface area contributed by atoms with Crippen LogP contribution in [0.1, 0.15) is 31.9 Å². The summed E-state index contributed by atoms with van der Waals surface area (Å²) in [6.07, 6.45) is 3.14. The maximum atomic E-state index is 5.65. The number of nitrogens with zero attached hydrogens (tertiary/aromatic N) is 3. The van der Waals surface area contributed by atoms with Crippen molar-refractivity contribution in [2.75, 3.05) is 45.3 Å². The van der Waals surface area contributed by atoms with E-state index in [-0.39, 0.29) is 0 Å². The lowest BCUT2D eigenvalue weighted by Gasteiger charge is -2.37. The highest BCUT2D eigenvalue weighted by Gasteiger charge is 2.23. The molecule has 112 valence electrons. The van der Waals surface area contributed by atoms with Crippen LogP contribution in [0.25, 0.3) is 0 Å². The average molecular weight is 277 g/mol. The molecule has 0 saturated carbocycles. The third-order valence-corrected chi connectivity index (χ3v) is 3.83. The normalized spacial score (nSPS) is 19.9. The Morgan fingerprint density at radius 2 is 2.20 bits per heavy atom. The molecule has 4 heteroatoms. The Morgan fingerprint density at radius 3 is 2.80 bits per heavy atom. The Morgan fingerprint density at radius 1 is 1.40 bits per heavy atom. The number of aromatic nitrogens is 1. The molecule has 1 atom stereocenters. The number of morpholine rings is 1. The Balaban J connectivity index is 2.06. The molecule has 0 unspecified atom stereocenters. The van der Waals surface area contributed by atoms with Gasteiger partial charge < -0.3 is 14.5 Å². The molecule has 4 nitrogen and oxygen atoms in total. The number of rotatable bonds is 5. The zero-order valence-corrected chi connectivity index (χ0v) is 13.2. The van der Waals surface area contributed by atoms with E-state index < -0.39 is 0 Å². The molecule has 1 fully saturated rings. The second kappa shape index (κ2) is 7.04. The van der Waals surface area contributed by atoms with Crippen LogP contribution < -0.4 is 4.90 Å². The van der Waals surface area contributed by atoms with Crippen LogP contribution in [-0.4, -0.2) is 56.3 Å². The molecule has 0 spiro atoms. The van der Waals surface area contributed by atoms with Gasteiger partial charge in [-0.05, 0) is 45.1 Å². The predicted octanol–water partition coefficient (Wildman–Crippen LogP) is 2.36. The van der Waals surface area contributed by atoms with E-state index in [1.54, 1.807) is 0 Å². The van der Waals surface area contributed by atoms with Gasteiger partial charge in [0.15, 0.2) is 0 Å². The summed E-state index contributed by atoms with van der Waals surface area (Å²) in [4.78, 5) is 9.27. The lowest BCUT2D eigenvalue weighted by atomic mass is 10.1. The highest BCUT2D eigenvalue weighted by molar-refractivity contribution is 5.46. The summed E-state index contributed by atoms with van der Waals surface area (Å²) in [6, 6.07) is 4.81. The quantitative estimate of drug-likeness (QED) is 0.826. The minimum atomic E-state index is 0.456. The Hall–Kier alpha value is -1.13. The van der Waals surface area contributed by atoms with Crippen LogP contribution in [0, 0.1) is 0 Å². The summed E-state index contributed by atoms with van der Waals surface area (Å²) in [5.74, 6) is 0.485. The lowest BCUT2D eigenvalue weighted by Crippen LogP contribution is -2.46. The van der Waals surface area contributed by atoms with Gasteiger partial charge in [0.25, 0.3) is 0 Å². The van der Waals surface area contributed by atoms with Crippen molar-refractivity contribution >= 4 is 5.69 Å². The van der Waals surface area contributed by atoms with E-state index in [1.807, 2.05) is 6.20 Å². The zero-order chi connectivity index (χ0) is 14.5. The van der Waals surface area contributed by atoms with E-state index in [0.29, 0.717) is 12.0 Å². The van der Waals surface area contributed by atoms with Crippen LogP contribution in [-0.2, 0) is 4.74 Å². The molecule has 1 aromatic rings. The van der Waals surface area contributed by atoms with Gasteiger partial charge in [0.05, 0.1) is 31.1 Å². The summed E-state index contributed by atoms with van der Waals surface area (Å²) >= 11 is 0. The summed E-state index contributed by atoms with van der Waals surface area (Å²) in [5, 5.41) is 0. The van der Waals surface area contributed by atoms with Crippen molar-refractivity contribution in [1.82, 2.24) is 9.88 Å². The number of ether oxygens (including phenoxy) is 1. The number of pyridine rings is 1. The van der Waals surface area contributed by atoms with Gasteiger partial charge in [0.1, 0.15) is 0 Å². The van der Waals surface area contributed by atoms with Gasteiger partial charge in [-0.1, -0.05) is 13.8 Å². The summed E-state index contributed by atoms with van der Waals surface area (Å²) < 4.78 is 5.65. The largest absolute Gasteiger partial charge is 0.377 e. The SMILES string of the molecule is CC(C)c1ccc(N2CCOC[C@@H]2CCN(C)C)cn1. The molecular weight excluding hydrogens is 250 g/mol. The summed E-state index contributed by atoms with van der Waals surface area (Å²) in [6.45, 7) is 8.03. The third-order valence-electron chi connectivity index (χ3n) is 3.83. The monoisotopic (exact) mass is 277 g/mol. The summed E-state index contributed by atoms with van der Waals surface area (Å²) in [7, 11) is 4.24. The Kier molecular flexibility index (Phi) is 5.38. The first-order chi connectivity index (χ1) is 9.58. The molecule has 0 radical (unpaired) electrons. The molecule has 20 heavy (non-hydrogen) atoms. The lowest BCUT2D eigenvalue weighted by molar-refractivity contribution is 0.0891. The van der Waals surface area contributed by atoms with Crippen molar-refractivity contribution in [3.8, 4) is 0 Å². The standard InChI is InChI=1S/C16H27N3O/c1-13(2)16-6-5-14(11-17-16)19-9-10-20-12-15(19)7-8-18(3)4/h5-6,11,13,15H,7-10,12H2,1-4H3/t15-/m0/s1. The van der Waals surface area contributed by atoms with E-state index >= 15 is 0 Å².